The van der Waals surface area contributed by atoms with E-state index in [1.165, 1.54) is 10.6 Å². The lowest BCUT2D eigenvalue weighted by atomic mass is 10.0. The Bertz CT molecular complexity index is 434. The Morgan fingerprint density at radius 1 is 1.31 bits per heavy atom. The summed E-state index contributed by atoms with van der Waals surface area (Å²) < 4.78 is 0. The van der Waals surface area contributed by atoms with Gasteiger partial charge in [0.2, 0.25) is 0 Å². The van der Waals surface area contributed by atoms with E-state index in [9.17, 15) is 4.79 Å². The van der Waals surface area contributed by atoms with Gasteiger partial charge in [-0.2, -0.15) is 10.1 Å². The second-order valence-electron chi connectivity index (χ2n) is 4.22. The maximum absolute atomic E-state index is 11.5. The molecule has 1 amide bonds. The van der Waals surface area contributed by atoms with Crippen LogP contribution in [0.2, 0.25) is 0 Å². The molecule has 16 heavy (non-hydrogen) atoms. The molecule has 1 aromatic rings. The molecule has 0 fully saturated rings. The standard InChI is InChI=1S/C12H15N3O/c1-8(2)9-3-5-10(6-4-9)15-12(16)7-11(13)14-15/h3-6,8H,7H2,1-2H3,(H2,13,14). The fourth-order valence-corrected chi connectivity index (χ4v) is 1.65. The Balaban J connectivity index is 2.25. The van der Waals surface area contributed by atoms with Crippen molar-refractivity contribution >= 4 is 17.4 Å². The van der Waals surface area contributed by atoms with Crippen LogP contribution >= 0.6 is 0 Å². The van der Waals surface area contributed by atoms with Crippen molar-refractivity contribution in [3.05, 3.63) is 29.8 Å². The van der Waals surface area contributed by atoms with Crippen molar-refractivity contribution in [2.24, 2.45) is 10.8 Å². The van der Waals surface area contributed by atoms with Crippen LogP contribution < -0.4 is 10.7 Å². The molecular formula is C12H15N3O. The quantitative estimate of drug-likeness (QED) is 0.821. The zero-order chi connectivity index (χ0) is 11.7. The van der Waals surface area contributed by atoms with Gasteiger partial charge < -0.3 is 5.73 Å². The van der Waals surface area contributed by atoms with Gasteiger partial charge in [0.15, 0.2) is 0 Å². The molecule has 4 heteroatoms. The number of rotatable bonds is 2. The van der Waals surface area contributed by atoms with Gasteiger partial charge in [0, 0.05) is 0 Å². The molecule has 84 valence electrons. The minimum Gasteiger partial charge on any atom is -0.385 e. The van der Waals surface area contributed by atoms with Gasteiger partial charge in [-0.3, -0.25) is 4.79 Å². The van der Waals surface area contributed by atoms with Crippen molar-refractivity contribution in [2.75, 3.05) is 5.01 Å². The molecule has 1 aromatic carbocycles. The highest BCUT2D eigenvalue weighted by Crippen LogP contribution is 2.22. The van der Waals surface area contributed by atoms with E-state index >= 15 is 0 Å². The summed E-state index contributed by atoms with van der Waals surface area (Å²) in [7, 11) is 0. The summed E-state index contributed by atoms with van der Waals surface area (Å²) in [6, 6.07) is 7.82. The van der Waals surface area contributed by atoms with Crippen LogP contribution in [0.1, 0.15) is 31.7 Å². The van der Waals surface area contributed by atoms with Gasteiger partial charge in [-0.25, -0.2) is 0 Å². The first kappa shape index (κ1) is 10.7. The third-order valence-electron chi connectivity index (χ3n) is 2.60. The van der Waals surface area contributed by atoms with E-state index in [4.69, 9.17) is 5.73 Å². The van der Waals surface area contributed by atoms with Gasteiger partial charge in [-0.1, -0.05) is 26.0 Å². The van der Waals surface area contributed by atoms with Gasteiger partial charge in [0.05, 0.1) is 12.1 Å². The number of nitrogens with two attached hydrogens (primary N) is 1. The lowest BCUT2D eigenvalue weighted by molar-refractivity contribution is -0.116. The lowest BCUT2D eigenvalue weighted by Crippen LogP contribution is -2.19. The number of hydrazone groups is 1. The molecule has 0 aromatic heterocycles. The fourth-order valence-electron chi connectivity index (χ4n) is 1.65. The molecule has 0 saturated heterocycles. The number of nitrogens with zero attached hydrogens (tertiary/aromatic N) is 2. The number of anilines is 1. The van der Waals surface area contributed by atoms with Crippen molar-refractivity contribution in [3.8, 4) is 0 Å². The summed E-state index contributed by atoms with van der Waals surface area (Å²) in [5, 5.41) is 5.35. The summed E-state index contributed by atoms with van der Waals surface area (Å²) in [6.07, 6.45) is 0.214. The normalized spacial score (nSPS) is 15.8. The Hall–Kier alpha value is -1.84. The molecule has 2 N–H and O–H groups in total. The first-order valence-corrected chi connectivity index (χ1v) is 5.34. The van der Waals surface area contributed by atoms with E-state index < -0.39 is 0 Å². The molecule has 0 bridgehead atoms. The molecular weight excluding hydrogens is 202 g/mol. The van der Waals surface area contributed by atoms with Crippen LogP contribution in [0.4, 0.5) is 5.69 Å². The largest absolute Gasteiger partial charge is 0.385 e. The highest BCUT2D eigenvalue weighted by atomic mass is 16.2. The summed E-state index contributed by atoms with van der Waals surface area (Å²) >= 11 is 0. The minimum atomic E-state index is -0.0743. The number of carbonyl (C=O) groups excluding carboxylic acids is 1. The SMILES string of the molecule is CC(C)c1ccc(N2N=C(N)CC2=O)cc1. The van der Waals surface area contributed by atoms with Gasteiger partial charge >= 0.3 is 0 Å². The van der Waals surface area contributed by atoms with Crippen molar-refractivity contribution in [1.82, 2.24) is 0 Å². The predicted octanol–water partition coefficient (Wildman–Crippen LogP) is 1.82. The number of amidine groups is 1. The molecule has 0 aliphatic carbocycles. The number of hydrogen-bond donors (Lipinski definition) is 1. The monoisotopic (exact) mass is 217 g/mol. The van der Waals surface area contributed by atoms with Crippen molar-refractivity contribution in [3.63, 3.8) is 0 Å². The highest BCUT2D eigenvalue weighted by Gasteiger charge is 2.23. The predicted molar refractivity (Wildman–Crippen MR) is 64.3 cm³/mol. The molecule has 0 spiro atoms. The van der Waals surface area contributed by atoms with Gasteiger partial charge in [-0.05, 0) is 23.6 Å². The molecule has 1 heterocycles. The summed E-state index contributed by atoms with van der Waals surface area (Å²) in [4.78, 5) is 11.5. The summed E-state index contributed by atoms with van der Waals surface area (Å²) in [6.45, 7) is 4.26. The Labute approximate surface area is 94.7 Å². The van der Waals surface area contributed by atoms with Crippen LogP contribution in [0.5, 0.6) is 0 Å². The molecule has 2 rings (SSSR count). The van der Waals surface area contributed by atoms with Crippen molar-refractivity contribution < 1.29 is 4.79 Å². The van der Waals surface area contributed by atoms with E-state index in [1.807, 2.05) is 24.3 Å². The second-order valence-corrected chi connectivity index (χ2v) is 4.22. The van der Waals surface area contributed by atoms with Crippen LogP contribution in [0.25, 0.3) is 0 Å². The number of benzene rings is 1. The topological polar surface area (TPSA) is 58.7 Å². The van der Waals surface area contributed by atoms with E-state index in [0.29, 0.717) is 11.8 Å². The van der Waals surface area contributed by atoms with E-state index in [0.717, 1.165) is 5.69 Å². The number of amides is 1. The van der Waals surface area contributed by atoms with Crippen LogP contribution in [-0.4, -0.2) is 11.7 Å². The fraction of sp³-hybridized carbons (Fsp3) is 0.333. The van der Waals surface area contributed by atoms with Crippen molar-refractivity contribution in [1.29, 1.82) is 0 Å². The third kappa shape index (κ3) is 1.91. The van der Waals surface area contributed by atoms with Crippen LogP contribution in [0.15, 0.2) is 29.4 Å². The van der Waals surface area contributed by atoms with E-state index in [1.54, 1.807) is 0 Å². The van der Waals surface area contributed by atoms with Crippen LogP contribution in [-0.2, 0) is 4.79 Å². The van der Waals surface area contributed by atoms with Crippen LogP contribution in [0, 0.1) is 0 Å². The zero-order valence-electron chi connectivity index (χ0n) is 9.47. The molecule has 1 aliphatic rings. The first-order chi connectivity index (χ1) is 7.58. The Morgan fingerprint density at radius 2 is 1.94 bits per heavy atom. The first-order valence-electron chi connectivity index (χ1n) is 5.34. The zero-order valence-corrected chi connectivity index (χ0v) is 9.47. The molecule has 1 aliphatic heterocycles. The average molecular weight is 217 g/mol. The maximum Gasteiger partial charge on any atom is 0.255 e. The van der Waals surface area contributed by atoms with Gasteiger partial charge in [0.1, 0.15) is 5.84 Å². The van der Waals surface area contributed by atoms with Crippen LogP contribution in [0.3, 0.4) is 0 Å². The smallest absolute Gasteiger partial charge is 0.255 e. The summed E-state index contributed by atoms with van der Waals surface area (Å²) in [5.41, 5.74) is 7.53. The van der Waals surface area contributed by atoms with Gasteiger partial charge in [0.25, 0.3) is 5.91 Å². The Kier molecular flexibility index (Phi) is 2.64. The maximum atomic E-state index is 11.5. The van der Waals surface area contributed by atoms with Gasteiger partial charge in [-0.15, -0.1) is 0 Å². The number of hydrogen-bond acceptors (Lipinski definition) is 3. The Morgan fingerprint density at radius 3 is 2.38 bits per heavy atom. The minimum absolute atomic E-state index is 0.0743. The second kappa shape index (κ2) is 3.96. The molecule has 0 saturated carbocycles. The number of carbonyl (C=O) groups is 1. The summed E-state index contributed by atoms with van der Waals surface area (Å²) in [5.74, 6) is 0.782. The lowest BCUT2D eigenvalue weighted by Gasteiger charge is -2.12. The van der Waals surface area contributed by atoms with E-state index in [2.05, 4.69) is 18.9 Å². The van der Waals surface area contributed by atoms with Crippen molar-refractivity contribution in [2.45, 2.75) is 26.2 Å². The highest BCUT2D eigenvalue weighted by molar-refractivity contribution is 6.11. The average Bonchev–Trinajstić information content (AvgIpc) is 2.58. The molecule has 0 atom stereocenters. The molecule has 0 unspecified atom stereocenters. The third-order valence-corrected chi connectivity index (χ3v) is 2.60. The molecule has 4 nitrogen and oxygen atoms in total. The van der Waals surface area contributed by atoms with E-state index in [-0.39, 0.29) is 12.3 Å². The molecule has 0 radical (unpaired) electrons.